The maximum atomic E-state index is 5.51. The molecule has 1 N–H and O–H groups in total. The van der Waals surface area contributed by atoms with Crippen molar-refractivity contribution in [3.8, 4) is 0 Å². The molecule has 5 nitrogen and oxygen atoms in total. The summed E-state index contributed by atoms with van der Waals surface area (Å²) in [6.07, 6.45) is 2.16. The lowest BCUT2D eigenvalue weighted by molar-refractivity contribution is 0.454. The van der Waals surface area contributed by atoms with E-state index in [0.29, 0.717) is 24.5 Å². The van der Waals surface area contributed by atoms with E-state index in [2.05, 4.69) is 29.4 Å². The molecule has 0 aliphatic rings. The van der Waals surface area contributed by atoms with Crippen LogP contribution in [0.3, 0.4) is 0 Å². The molecule has 15 heavy (non-hydrogen) atoms. The first kappa shape index (κ1) is 12.0. The van der Waals surface area contributed by atoms with Gasteiger partial charge >= 0.3 is 6.01 Å². The molecule has 1 rings (SSSR count). The number of aromatic nitrogens is 2. The third-order valence-electron chi connectivity index (χ3n) is 2.58. The van der Waals surface area contributed by atoms with E-state index in [1.54, 1.807) is 0 Å². The third-order valence-corrected chi connectivity index (χ3v) is 2.58. The highest BCUT2D eigenvalue weighted by atomic mass is 16.4. The lowest BCUT2D eigenvalue weighted by Gasteiger charge is -2.23. The normalized spacial score (nSPS) is 11.0. The van der Waals surface area contributed by atoms with E-state index in [9.17, 15) is 0 Å². The Morgan fingerprint density at radius 1 is 1.33 bits per heavy atom. The van der Waals surface area contributed by atoms with Crippen molar-refractivity contribution in [1.29, 1.82) is 0 Å². The van der Waals surface area contributed by atoms with Crippen LogP contribution in [0.1, 0.15) is 32.6 Å². The van der Waals surface area contributed by atoms with Gasteiger partial charge in [-0.3, -0.25) is 0 Å². The standard InChI is InChI=1S/C10H20N4O/c1-5-8(6-2)14(4)10-13-12-9(15-10)7-11-3/h8,11H,5-7H2,1-4H3. The van der Waals surface area contributed by atoms with E-state index in [1.165, 1.54) is 0 Å². The summed E-state index contributed by atoms with van der Waals surface area (Å²) in [7, 11) is 3.85. The topological polar surface area (TPSA) is 54.2 Å². The van der Waals surface area contributed by atoms with Crippen LogP contribution in [0.5, 0.6) is 0 Å². The molecule has 86 valence electrons. The van der Waals surface area contributed by atoms with E-state index in [4.69, 9.17) is 4.42 Å². The number of anilines is 1. The van der Waals surface area contributed by atoms with Gasteiger partial charge in [-0.2, -0.15) is 0 Å². The zero-order chi connectivity index (χ0) is 11.3. The van der Waals surface area contributed by atoms with Crippen molar-refractivity contribution < 1.29 is 4.42 Å². The molecule has 0 atom stereocenters. The van der Waals surface area contributed by atoms with Crippen LogP contribution in [0.25, 0.3) is 0 Å². The predicted octanol–water partition coefficient (Wildman–Crippen LogP) is 1.41. The Labute approximate surface area is 90.9 Å². The van der Waals surface area contributed by atoms with Gasteiger partial charge in [0.25, 0.3) is 0 Å². The molecule has 0 radical (unpaired) electrons. The molecule has 1 heterocycles. The minimum absolute atomic E-state index is 0.466. The fraction of sp³-hybridized carbons (Fsp3) is 0.800. The first-order valence-corrected chi connectivity index (χ1v) is 5.42. The van der Waals surface area contributed by atoms with Gasteiger partial charge in [0.1, 0.15) is 0 Å². The number of nitrogens with zero attached hydrogens (tertiary/aromatic N) is 3. The van der Waals surface area contributed by atoms with Crippen molar-refractivity contribution in [3.05, 3.63) is 5.89 Å². The molecule has 0 aromatic carbocycles. The Hall–Kier alpha value is -1.10. The monoisotopic (exact) mass is 212 g/mol. The van der Waals surface area contributed by atoms with Crippen LogP contribution in [0, 0.1) is 0 Å². The van der Waals surface area contributed by atoms with Crippen molar-refractivity contribution in [2.24, 2.45) is 0 Å². The third kappa shape index (κ3) is 2.92. The fourth-order valence-corrected chi connectivity index (χ4v) is 1.60. The lowest BCUT2D eigenvalue weighted by atomic mass is 10.1. The highest BCUT2D eigenvalue weighted by molar-refractivity contribution is 5.24. The van der Waals surface area contributed by atoms with Gasteiger partial charge in [0.05, 0.1) is 6.54 Å². The van der Waals surface area contributed by atoms with Gasteiger partial charge in [-0.1, -0.05) is 18.9 Å². The first-order valence-electron chi connectivity index (χ1n) is 5.42. The molecule has 0 aliphatic carbocycles. The Bertz CT molecular complexity index is 283. The molecule has 1 aromatic heterocycles. The van der Waals surface area contributed by atoms with Gasteiger partial charge in [-0.25, -0.2) is 0 Å². The second-order valence-corrected chi connectivity index (χ2v) is 3.59. The Kier molecular flexibility index (Phi) is 4.55. The number of hydrogen-bond acceptors (Lipinski definition) is 5. The molecule has 0 fully saturated rings. The van der Waals surface area contributed by atoms with E-state index in [-0.39, 0.29) is 0 Å². The molecule has 0 amide bonds. The molecule has 1 aromatic rings. The molecular weight excluding hydrogens is 192 g/mol. The van der Waals surface area contributed by atoms with Gasteiger partial charge in [0.15, 0.2) is 0 Å². The summed E-state index contributed by atoms with van der Waals surface area (Å²) in [4.78, 5) is 2.05. The Morgan fingerprint density at radius 3 is 2.53 bits per heavy atom. The van der Waals surface area contributed by atoms with Crippen LogP contribution < -0.4 is 10.2 Å². The van der Waals surface area contributed by atoms with Crippen molar-refractivity contribution in [2.75, 3.05) is 19.0 Å². The van der Waals surface area contributed by atoms with Crippen molar-refractivity contribution >= 4 is 6.01 Å². The highest BCUT2D eigenvalue weighted by Gasteiger charge is 2.16. The molecular formula is C10H20N4O. The lowest BCUT2D eigenvalue weighted by Crippen LogP contribution is -2.30. The molecule has 0 bridgehead atoms. The minimum atomic E-state index is 0.466. The van der Waals surface area contributed by atoms with Gasteiger partial charge in [-0.15, -0.1) is 5.10 Å². The van der Waals surface area contributed by atoms with E-state index in [1.807, 2.05) is 19.0 Å². The Morgan fingerprint density at radius 2 is 2.00 bits per heavy atom. The summed E-state index contributed by atoms with van der Waals surface area (Å²) in [6.45, 7) is 4.94. The smallest absolute Gasteiger partial charge is 0.318 e. The summed E-state index contributed by atoms with van der Waals surface area (Å²) in [6, 6.07) is 1.07. The highest BCUT2D eigenvalue weighted by Crippen LogP contribution is 2.16. The second kappa shape index (κ2) is 5.70. The average molecular weight is 212 g/mol. The van der Waals surface area contributed by atoms with Crippen LogP contribution in [0.2, 0.25) is 0 Å². The molecule has 5 heteroatoms. The summed E-state index contributed by atoms with van der Waals surface area (Å²) >= 11 is 0. The molecule has 0 spiro atoms. The fourth-order valence-electron chi connectivity index (χ4n) is 1.60. The quantitative estimate of drug-likeness (QED) is 0.772. The predicted molar refractivity (Wildman–Crippen MR) is 59.8 cm³/mol. The van der Waals surface area contributed by atoms with Crippen molar-refractivity contribution in [2.45, 2.75) is 39.3 Å². The zero-order valence-corrected chi connectivity index (χ0v) is 9.95. The molecule has 0 unspecified atom stereocenters. The van der Waals surface area contributed by atoms with Crippen LogP contribution in [-0.2, 0) is 6.54 Å². The van der Waals surface area contributed by atoms with Crippen LogP contribution in [-0.4, -0.2) is 30.3 Å². The van der Waals surface area contributed by atoms with Gasteiger partial charge in [-0.05, 0) is 19.9 Å². The maximum absolute atomic E-state index is 5.51. The first-order chi connectivity index (χ1) is 7.22. The van der Waals surface area contributed by atoms with Crippen molar-refractivity contribution in [1.82, 2.24) is 15.5 Å². The largest absolute Gasteiger partial charge is 0.407 e. The maximum Gasteiger partial charge on any atom is 0.318 e. The summed E-state index contributed by atoms with van der Waals surface area (Å²) in [5, 5.41) is 11.0. The minimum Gasteiger partial charge on any atom is -0.407 e. The summed E-state index contributed by atoms with van der Waals surface area (Å²) in [5.41, 5.74) is 0. The summed E-state index contributed by atoms with van der Waals surface area (Å²) in [5.74, 6) is 0.630. The van der Waals surface area contributed by atoms with E-state index in [0.717, 1.165) is 12.8 Å². The summed E-state index contributed by atoms with van der Waals surface area (Å²) < 4.78 is 5.51. The molecule has 0 saturated carbocycles. The average Bonchev–Trinajstić information content (AvgIpc) is 2.68. The number of nitrogens with one attached hydrogen (secondary N) is 1. The molecule has 0 aliphatic heterocycles. The van der Waals surface area contributed by atoms with E-state index < -0.39 is 0 Å². The van der Waals surface area contributed by atoms with Crippen LogP contribution in [0.15, 0.2) is 4.42 Å². The van der Waals surface area contributed by atoms with Gasteiger partial charge in [0.2, 0.25) is 5.89 Å². The van der Waals surface area contributed by atoms with Crippen molar-refractivity contribution in [3.63, 3.8) is 0 Å². The van der Waals surface area contributed by atoms with Crippen LogP contribution >= 0.6 is 0 Å². The SMILES string of the molecule is CCC(CC)N(C)c1nnc(CNC)o1. The van der Waals surface area contributed by atoms with Gasteiger partial charge < -0.3 is 14.6 Å². The van der Waals surface area contributed by atoms with E-state index >= 15 is 0 Å². The Balaban J connectivity index is 2.68. The van der Waals surface area contributed by atoms with Gasteiger partial charge in [0, 0.05) is 13.1 Å². The zero-order valence-electron chi connectivity index (χ0n) is 9.95. The number of rotatable bonds is 6. The molecule has 0 saturated heterocycles. The van der Waals surface area contributed by atoms with Crippen LogP contribution in [0.4, 0.5) is 6.01 Å². The second-order valence-electron chi connectivity index (χ2n) is 3.59. The number of hydrogen-bond donors (Lipinski definition) is 1.